The van der Waals surface area contributed by atoms with E-state index in [1.165, 1.54) is 45.4 Å². The zero-order valence-corrected chi connectivity index (χ0v) is 17.0. The molecule has 1 amide bonds. The van der Waals surface area contributed by atoms with Gasteiger partial charge in [0.05, 0.1) is 12.5 Å². The van der Waals surface area contributed by atoms with Crippen LogP contribution in [0.2, 0.25) is 0 Å². The lowest BCUT2D eigenvalue weighted by Crippen LogP contribution is -2.55. The van der Waals surface area contributed by atoms with Crippen molar-refractivity contribution in [3.8, 4) is 0 Å². The molecular formula is C19H32N2O5S. The lowest BCUT2D eigenvalue weighted by molar-refractivity contribution is -0.166. The molecular weight excluding hydrogens is 368 g/mol. The minimum atomic E-state index is -1.36. The van der Waals surface area contributed by atoms with Crippen LogP contribution in [0, 0.1) is 23.7 Å². The molecule has 0 heterocycles. The maximum atomic E-state index is 11.3. The van der Waals surface area contributed by atoms with Crippen molar-refractivity contribution in [2.45, 2.75) is 64.0 Å². The Morgan fingerprint density at radius 1 is 1.19 bits per heavy atom. The topological polar surface area (TPSA) is 119 Å². The highest BCUT2D eigenvalue weighted by Crippen LogP contribution is 2.54. The normalized spacial score (nSPS) is 32.7. The number of amides is 1. The van der Waals surface area contributed by atoms with Crippen LogP contribution in [0.15, 0.2) is 0 Å². The van der Waals surface area contributed by atoms with Crippen LogP contribution in [0.5, 0.6) is 0 Å². The summed E-state index contributed by atoms with van der Waals surface area (Å²) in [5.74, 6) is 0.516. The van der Waals surface area contributed by atoms with Gasteiger partial charge in [0.15, 0.2) is 0 Å². The van der Waals surface area contributed by atoms with Gasteiger partial charge in [-0.2, -0.15) is 12.6 Å². The third-order valence-corrected chi connectivity index (χ3v) is 6.38. The summed E-state index contributed by atoms with van der Waals surface area (Å²) in [4.78, 5) is 32.6. The van der Waals surface area contributed by atoms with Crippen LogP contribution >= 0.6 is 12.6 Å². The molecule has 0 unspecified atom stereocenters. The van der Waals surface area contributed by atoms with Crippen molar-refractivity contribution in [2.75, 3.05) is 12.3 Å². The zero-order chi connectivity index (χ0) is 20.2. The van der Waals surface area contributed by atoms with Crippen molar-refractivity contribution >= 4 is 30.5 Å². The number of carboxylic acid groups (broad SMARTS) is 1. The molecule has 4 fully saturated rings. The van der Waals surface area contributed by atoms with Gasteiger partial charge in [-0.3, -0.25) is 9.59 Å². The predicted octanol–water partition coefficient (Wildman–Crippen LogP) is 1.60. The third-order valence-electron chi connectivity index (χ3n) is 5.83. The molecule has 0 aromatic rings. The van der Waals surface area contributed by atoms with E-state index in [1.54, 1.807) is 6.92 Å². The summed E-state index contributed by atoms with van der Waals surface area (Å²) < 4.78 is 4.71. The zero-order valence-electron chi connectivity index (χ0n) is 16.1. The Balaban J connectivity index is 0.000000203. The standard InChI is InChI=1S/C10H17N.C9H15NO5S/c11-10-4-7-1-8(5-10)3-9(2-7)6-10;1-5(4-16)9(14)15-7(8(12)13)3-10-6(2)11/h7-9H,1-6,11H2;5,7,16H,3-4H2,1-2H3,(H,10,11)(H,12,13)/t;5-,7+/m.1/s1. The monoisotopic (exact) mass is 400 g/mol. The van der Waals surface area contributed by atoms with E-state index in [9.17, 15) is 14.4 Å². The molecule has 4 aliphatic rings. The number of carbonyl (C=O) groups is 3. The number of carboxylic acids is 1. The molecule has 4 N–H and O–H groups in total. The second-order valence-electron chi connectivity index (χ2n) is 8.56. The minimum absolute atomic E-state index is 0.240. The van der Waals surface area contributed by atoms with Crippen molar-refractivity contribution in [3.63, 3.8) is 0 Å². The molecule has 27 heavy (non-hydrogen) atoms. The molecule has 4 saturated carbocycles. The average molecular weight is 401 g/mol. The van der Waals surface area contributed by atoms with Crippen LogP contribution < -0.4 is 11.1 Å². The number of ether oxygens (including phenoxy) is 1. The Bertz CT molecular complexity index is 533. The lowest BCUT2D eigenvalue weighted by atomic mass is 9.53. The molecule has 0 spiro atoms. The highest BCUT2D eigenvalue weighted by atomic mass is 32.1. The Hall–Kier alpha value is -1.28. The van der Waals surface area contributed by atoms with Crippen molar-refractivity contribution in [1.82, 2.24) is 5.32 Å². The van der Waals surface area contributed by atoms with Crippen molar-refractivity contribution < 1.29 is 24.2 Å². The fraction of sp³-hybridized carbons (Fsp3) is 0.842. The first-order valence-electron chi connectivity index (χ1n) is 9.69. The lowest BCUT2D eigenvalue weighted by Gasteiger charge is -2.55. The van der Waals surface area contributed by atoms with Gasteiger partial charge in [-0.05, 0) is 56.3 Å². The van der Waals surface area contributed by atoms with Crippen molar-refractivity contribution in [2.24, 2.45) is 29.4 Å². The fourth-order valence-electron chi connectivity index (χ4n) is 4.92. The molecule has 0 aliphatic heterocycles. The molecule has 2 atom stereocenters. The van der Waals surface area contributed by atoms with E-state index >= 15 is 0 Å². The van der Waals surface area contributed by atoms with Crippen LogP contribution in [-0.4, -0.2) is 46.9 Å². The molecule has 0 saturated heterocycles. The van der Waals surface area contributed by atoms with Gasteiger partial charge in [0.2, 0.25) is 12.0 Å². The Kier molecular flexibility index (Phi) is 7.56. The van der Waals surface area contributed by atoms with E-state index in [-0.39, 0.29) is 18.2 Å². The molecule has 4 rings (SSSR count). The molecule has 4 bridgehead atoms. The Morgan fingerprint density at radius 3 is 2.00 bits per heavy atom. The first-order chi connectivity index (χ1) is 12.6. The van der Waals surface area contributed by atoms with Gasteiger partial charge < -0.3 is 20.9 Å². The van der Waals surface area contributed by atoms with E-state index in [1.807, 2.05) is 0 Å². The van der Waals surface area contributed by atoms with Crippen LogP contribution in [0.3, 0.4) is 0 Å². The summed E-state index contributed by atoms with van der Waals surface area (Å²) >= 11 is 3.90. The quantitative estimate of drug-likeness (QED) is 0.397. The summed E-state index contributed by atoms with van der Waals surface area (Å²) in [6, 6.07) is 0. The molecule has 0 aromatic heterocycles. The van der Waals surface area contributed by atoms with E-state index in [2.05, 4.69) is 17.9 Å². The summed E-state index contributed by atoms with van der Waals surface area (Å²) in [6.07, 6.45) is 7.21. The van der Waals surface area contributed by atoms with Gasteiger partial charge in [-0.1, -0.05) is 6.92 Å². The highest BCUT2D eigenvalue weighted by molar-refractivity contribution is 7.80. The first-order valence-corrected chi connectivity index (χ1v) is 10.3. The number of nitrogens with one attached hydrogen (secondary N) is 1. The maximum Gasteiger partial charge on any atom is 0.346 e. The smallest absolute Gasteiger partial charge is 0.346 e. The fourth-order valence-corrected chi connectivity index (χ4v) is 5.07. The summed E-state index contributed by atoms with van der Waals surface area (Å²) in [6.45, 7) is 2.58. The molecule has 8 heteroatoms. The first kappa shape index (κ1) is 22.0. The minimum Gasteiger partial charge on any atom is -0.478 e. The van der Waals surface area contributed by atoms with Crippen molar-refractivity contribution in [3.05, 3.63) is 0 Å². The Labute approximate surface area is 166 Å². The van der Waals surface area contributed by atoms with Crippen LogP contribution in [0.25, 0.3) is 0 Å². The SMILES string of the molecule is CC(=O)NC[C@H](OC(=O)[C@H](C)CS)C(=O)O.NC12CC3CC(CC(C3)C1)C2. The van der Waals surface area contributed by atoms with Crippen LogP contribution in [0.4, 0.5) is 0 Å². The van der Waals surface area contributed by atoms with Gasteiger partial charge in [0.25, 0.3) is 0 Å². The number of carbonyl (C=O) groups excluding carboxylic acids is 2. The average Bonchev–Trinajstić information content (AvgIpc) is 2.55. The van der Waals surface area contributed by atoms with Crippen molar-refractivity contribution in [1.29, 1.82) is 0 Å². The van der Waals surface area contributed by atoms with E-state index in [4.69, 9.17) is 15.6 Å². The van der Waals surface area contributed by atoms with E-state index in [0.29, 0.717) is 5.54 Å². The number of nitrogens with two attached hydrogens (primary N) is 1. The number of hydrogen-bond acceptors (Lipinski definition) is 6. The predicted molar refractivity (Wildman–Crippen MR) is 104 cm³/mol. The Morgan fingerprint density at radius 2 is 1.67 bits per heavy atom. The largest absolute Gasteiger partial charge is 0.478 e. The summed E-state index contributed by atoms with van der Waals surface area (Å²) in [5, 5.41) is 11.0. The summed E-state index contributed by atoms with van der Waals surface area (Å²) in [7, 11) is 0. The number of esters is 1. The number of aliphatic carboxylic acids is 1. The van der Waals surface area contributed by atoms with Gasteiger partial charge in [0.1, 0.15) is 0 Å². The molecule has 154 valence electrons. The molecule has 0 aromatic carbocycles. The molecule has 4 aliphatic carbocycles. The molecule has 0 radical (unpaired) electrons. The van der Waals surface area contributed by atoms with E-state index < -0.39 is 24.0 Å². The highest BCUT2D eigenvalue weighted by Gasteiger charge is 2.48. The van der Waals surface area contributed by atoms with Gasteiger partial charge in [-0.15, -0.1) is 0 Å². The second-order valence-corrected chi connectivity index (χ2v) is 8.93. The van der Waals surface area contributed by atoms with Crippen LogP contribution in [0.1, 0.15) is 52.4 Å². The van der Waals surface area contributed by atoms with Gasteiger partial charge in [0, 0.05) is 18.2 Å². The van der Waals surface area contributed by atoms with Crippen LogP contribution in [-0.2, 0) is 19.1 Å². The maximum absolute atomic E-state index is 11.3. The number of rotatable bonds is 6. The third kappa shape index (κ3) is 6.38. The second kappa shape index (κ2) is 9.28. The van der Waals surface area contributed by atoms with Gasteiger partial charge in [-0.25, -0.2) is 4.79 Å². The summed E-state index contributed by atoms with van der Waals surface area (Å²) in [5.41, 5.74) is 6.62. The number of thiol groups is 1. The molecule has 7 nitrogen and oxygen atoms in total. The number of hydrogen-bond donors (Lipinski definition) is 4. The van der Waals surface area contributed by atoms with E-state index in [0.717, 1.165) is 17.8 Å². The van der Waals surface area contributed by atoms with Gasteiger partial charge >= 0.3 is 11.9 Å².